The summed E-state index contributed by atoms with van der Waals surface area (Å²) >= 11 is 0. The minimum atomic E-state index is -5.52. The van der Waals surface area contributed by atoms with E-state index in [4.69, 9.17) is 5.11 Å². The van der Waals surface area contributed by atoms with Crippen LogP contribution in [0.1, 0.15) is 10.4 Å². The van der Waals surface area contributed by atoms with Crippen molar-refractivity contribution in [3.63, 3.8) is 0 Å². The highest BCUT2D eigenvalue weighted by Gasteiger charge is 2.45. The van der Waals surface area contributed by atoms with Gasteiger partial charge in [0.25, 0.3) is 5.56 Å². The third kappa shape index (κ3) is 3.56. The van der Waals surface area contributed by atoms with Crippen molar-refractivity contribution in [3.8, 4) is 11.3 Å². The Morgan fingerprint density at radius 3 is 2.12 bits per heavy atom. The second-order valence-corrected chi connectivity index (χ2v) is 6.22. The minimum Gasteiger partial charge on any atom is -0.477 e. The van der Waals surface area contributed by atoms with Crippen LogP contribution in [-0.4, -0.2) is 30.0 Å². The van der Waals surface area contributed by atoms with Crippen LogP contribution in [-0.2, 0) is 10.0 Å². The summed E-state index contributed by atoms with van der Waals surface area (Å²) in [6.45, 7) is 0. The Labute approximate surface area is 132 Å². The van der Waals surface area contributed by atoms with Crippen LogP contribution in [0.25, 0.3) is 11.3 Å². The molecule has 0 atom stereocenters. The first-order chi connectivity index (χ1) is 11.0. The molecule has 0 aliphatic rings. The fraction of sp³-hybridized carbons (Fsp3) is 0.0769. The third-order valence-electron chi connectivity index (χ3n) is 2.89. The Balaban J connectivity index is 2.29. The molecule has 11 heteroatoms. The SMILES string of the molecule is O=C(O)c1ccc(-c2ccc(NS(=O)(=O)C(F)(F)F)cc2)[nH]c1=O. The maximum absolute atomic E-state index is 12.3. The number of carboxylic acid groups (broad SMARTS) is 1. The summed E-state index contributed by atoms with van der Waals surface area (Å²) in [6, 6.07) is 7.06. The lowest BCUT2D eigenvalue weighted by atomic mass is 10.1. The number of aromatic amines is 1. The van der Waals surface area contributed by atoms with E-state index >= 15 is 0 Å². The van der Waals surface area contributed by atoms with Crippen molar-refractivity contribution in [2.75, 3.05) is 4.72 Å². The van der Waals surface area contributed by atoms with Crippen LogP contribution in [0, 0.1) is 0 Å². The molecule has 0 fully saturated rings. The molecular weight excluding hydrogens is 353 g/mol. The topological polar surface area (TPSA) is 116 Å². The molecule has 0 spiro atoms. The summed E-state index contributed by atoms with van der Waals surface area (Å²) in [5.41, 5.74) is -6.51. The van der Waals surface area contributed by atoms with Crippen LogP contribution >= 0.6 is 0 Å². The Kier molecular flexibility index (Phi) is 4.38. The zero-order valence-electron chi connectivity index (χ0n) is 11.6. The summed E-state index contributed by atoms with van der Waals surface area (Å²) in [7, 11) is -5.52. The molecule has 1 aromatic carbocycles. The molecule has 0 aliphatic carbocycles. The molecule has 0 amide bonds. The van der Waals surface area contributed by atoms with Crippen molar-refractivity contribution in [3.05, 3.63) is 52.3 Å². The molecule has 128 valence electrons. The normalized spacial score (nSPS) is 12.0. The number of rotatable bonds is 4. The maximum Gasteiger partial charge on any atom is 0.516 e. The second-order valence-electron chi connectivity index (χ2n) is 4.55. The summed E-state index contributed by atoms with van der Waals surface area (Å²) in [5, 5.41) is 8.76. The Morgan fingerprint density at radius 1 is 1.08 bits per heavy atom. The number of carboxylic acids is 1. The van der Waals surface area contributed by atoms with E-state index in [0.29, 0.717) is 5.56 Å². The van der Waals surface area contributed by atoms with Gasteiger partial charge in [-0.15, -0.1) is 0 Å². The van der Waals surface area contributed by atoms with Gasteiger partial charge in [0, 0.05) is 11.4 Å². The highest BCUT2D eigenvalue weighted by Crippen LogP contribution is 2.26. The van der Waals surface area contributed by atoms with Crippen molar-refractivity contribution < 1.29 is 31.5 Å². The summed E-state index contributed by atoms with van der Waals surface area (Å²) in [6.07, 6.45) is 0. The number of pyridine rings is 1. The predicted octanol–water partition coefficient (Wildman–Crippen LogP) is 2.00. The summed E-state index contributed by atoms with van der Waals surface area (Å²) in [5.74, 6) is -1.40. The van der Waals surface area contributed by atoms with Crippen LogP contribution < -0.4 is 10.3 Å². The lowest BCUT2D eigenvalue weighted by Crippen LogP contribution is -2.29. The largest absolute Gasteiger partial charge is 0.516 e. The maximum atomic E-state index is 12.3. The Hall–Kier alpha value is -2.82. The van der Waals surface area contributed by atoms with Gasteiger partial charge >= 0.3 is 21.5 Å². The van der Waals surface area contributed by atoms with Crippen molar-refractivity contribution >= 4 is 21.7 Å². The van der Waals surface area contributed by atoms with E-state index in [1.54, 1.807) is 0 Å². The molecule has 1 heterocycles. The van der Waals surface area contributed by atoms with Crippen LogP contribution in [0.2, 0.25) is 0 Å². The number of hydrogen-bond donors (Lipinski definition) is 3. The first kappa shape index (κ1) is 17.5. The van der Waals surface area contributed by atoms with Crippen LogP contribution in [0.3, 0.4) is 0 Å². The number of H-pyrrole nitrogens is 1. The first-order valence-corrected chi connectivity index (χ1v) is 7.66. The number of nitrogens with one attached hydrogen (secondary N) is 2. The van der Waals surface area contributed by atoms with Crippen molar-refractivity contribution in [1.82, 2.24) is 4.98 Å². The number of aromatic carboxylic acids is 1. The zero-order valence-corrected chi connectivity index (χ0v) is 12.4. The van der Waals surface area contributed by atoms with Gasteiger partial charge < -0.3 is 10.1 Å². The smallest absolute Gasteiger partial charge is 0.477 e. The number of hydrogen-bond acceptors (Lipinski definition) is 4. The van der Waals surface area contributed by atoms with Gasteiger partial charge in [0.05, 0.1) is 0 Å². The molecule has 0 bridgehead atoms. The average Bonchev–Trinajstić information content (AvgIpc) is 2.46. The van der Waals surface area contributed by atoms with Crippen LogP contribution in [0.5, 0.6) is 0 Å². The van der Waals surface area contributed by atoms with Gasteiger partial charge in [0.2, 0.25) is 0 Å². The van der Waals surface area contributed by atoms with Crippen molar-refractivity contribution in [2.24, 2.45) is 0 Å². The molecule has 24 heavy (non-hydrogen) atoms. The number of anilines is 1. The number of alkyl halides is 3. The van der Waals surface area contributed by atoms with E-state index in [9.17, 15) is 31.2 Å². The van der Waals surface area contributed by atoms with Gasteiger partial charge in [-0.1, -0.05) is 12.1 Å². The van der Waals surface area contributed by atoms with E-state index in [1.165, 1.54) is 22.9 Å². The van der Waals surface area contributed by atoms with Crippen LogP contribution in [0.4, 0.5) is 18.9 Å². The van der Waals surface area contributed by atoms with Gasteiger partial charge in [-0.25, -0.2) is 4.79 Å². The first-order valence-electron chi connectivity index (χ1n) is 6.17. The van der Waals surface area contributed by atoms with E-state index in [-0.39, 0.29) is 11.4 Å². The van der Waals surface area contributed by atoms with Gasteiger partial charge in [-0.05, 0) is 29.8 Å². The fourth-order valence-corrected chi connectivity index (χ4v) is 2.30. The summed E-state index contributed by atoms with van der Waals surface area (Å²) < 4.78 is 60.2. The number of halogens is 3. The van der Waals surface area contributed by atoms with E-state index in [1.807, 2.05) is 0 Å². The number of carbonyl (C=O) groups is 1. The number of benzene rings is 1. The molecule has 2 aromatic rings. The standard InChI is InChI=1S/C13H9F3N2O5S/c14-13(15,16)24(22,23)18-8-3-1-7(2-4-8)10-6-5-9(12(20)21)11(19)17-10/h1-6,18H,(H,17,19)(H,20,21). The predicted molar refractivity (Wildman–Crippen MR) is 78.1 cm³/mol. The Morgan fingerprint density at radius 2 is 1.67 bits per heavy atom. The van der Waals surface area contributed by atoms with Gasteiger partial charge in [0.15, 0.2) is 0 Å². The van der Waals surface area contributed by atoms with E-state index in [0.717, 1.165) is 18.2 Å². The van der Waals surface area contributed by atoms with Gasteiger partial charge in [-0.2, -0.15) is 21.6 Å². The molecule has 3 N–H and O–H groups in total. The summed E-state index contributed by atoms with van der Waals surface area (Å²) in [4.78, 5) is 24.6. The molecule has 0 aliphatic heterocycles. The third-order valence-corrected chi connectivity index (χ3v) is 4.01. The van der Waals surface area contributed by atoms with Gasteiger partial charge in [-0.3, -0.25) is 9.52 Å². The Bertz CT molecular complexity index is 933. The molecule has 0 saturated heterocycles. The zero-order chi connectivity index (χ0) is 18.1. The second kappa shape index (κ2) is 6.00. The molecular formula is C13H9F3N2O5S. The highest BCUT2D eigenvalue weighted by atomic mass is 32.2. The molecule has 0 saturated carbocycles. The quantitative estimate of drug-likeness (QED) is 0.769. The lowest BCUT2D eigenvalue weighted by Gasteiger charge is -2.11. The fourth-order valence-electron chi connectivity index (χ4n) is 1.74. The molecule has 0 unspecified atom stereocenters. The molecule has 1 aromatic heterocycles. The molecule has 2 rings (SSSR count). The highest BCUT2D eigenvalue weighted by molar-refractivity contribution is 7.93. The average molecular weight is 362 g/mol. The van der Waals surface area contributed by atoms with Crippen LogP contribution in [0.15, 0.2) is 41.2 Å². The molecule has 0 radical (unpaired) electrons. The molecule has 7 nitrogen and oxygen atoms in total. The number of sulfonamides is 1. The van der Waals surface area contributed by atoms with Crippen molar-refractivity contribution in [1.29, 1.82) is 0 Å². The van der Waals surface area contributed by atoms with E-state index < -0.39 is 32.6 Å². The minimum absolute atomic E-state index is 0.218. The van der Waals surface area contributed by atoms with Gasteiger partial charge in [0.1, 0.15) is 5.56 Å². The van der Waals surface area contributed by atoms with E-state index in [2.05, 4.69) is 4.98 Å². The lowest BCUT2D eigenvalue weighted by molar-refractivity contribution is -0.0429. The number of aromatic nitrogens is 1. The monoisotopic (exact) mass is 362 g/mol. The van der Waals surface area contributed by atoms with Crippen molar-refractivity contribution in [2.45, 2.75) is 5.51 Å².